The van der Waals surface area contributed by atoms with Crippen molar-refractivity contribution in [2.24, 2.45) is 0 Å². The second-order valence-electron chi connectivity index (χ2n) is 6.35. The van der Waals surface area contributed by atoms with Crippen molar-refractivity contribution in [3.63, 3.8) is 0 Å². The van der Waals surface area contributed by atoms with Crippen LogP contribution < -0.4 is 4.74 Å². The summed E-state index contributed by atoms with van der Waals surface area (Å²) in [5, 5.41) is 0. The van der Waals surface area contributed by atoms with Crippen LogP contribution >= 0.6 is 0 Å². The maximum atomic E-state index is 12.2. The van der Waals surface area contributed by atoms with E-state index in [-0.39, 0.29) is 5.97 Å². The van der Waals surface area contributed by atoms with Gasteiger partial charge in [0.1, 0.15) is 5.75 Å². The van der Waals surface area contributed by atoms with Gasteiger partial charge in [-0.05, 0) is 31.4 Å². The Labute approximate surface area is 147 Å². The minimum absolute atomic E-state index is 0.233. The number of benzene rings is 1. The molecule has 1 atom stereocenters. The van der Waals surface area contributed by atoms with Gasteiger partial charge in [-0.25, -0.2) is 4.79 Å². The van der Waals surface area contributed by atoms with E-state index in [9.17, 15) is 4.79 Å². The number of ether oxygens (including phenoxy) is 2. The summed E-state index contributed by atoms with van der Waals surface area (Å²) in [6.45, 7) is 4.70. The number of unbranched alkanes of at least 4 members (excludes halogenated alkanes) is 7. The van der Waals surface area contributed by atoms with Crippen molar-refractivity contribution in [2.45, 2.75) is 84.2 Å². The third kappa shape index (κ3) is 9.59. The van der Waals surface area contributed by atoms with E-state index < -0.39 is 6.10 Å². The molecule has 0 fully saturated rings. The Morgan fingerprint density at radius 3 is 2.12 bits per heavy atom. The SMILES string of the molecule is CCCCCCCCCC[C@H](Oc1ccccc1)C(=O)OCCC. The minimum Gasteiger partial charge on any atom is -0.479 e. The lowest BCUT2D eigenvalue weighted by Crippen LogP contribution is -2.29. The van der Waals surface area contributed by atoms with Crippen molar-refractivity contribution >= 4 is 5.97 Å². The van der Waals surface area contributed by atoms with E-state index in [1.54, 1.807) is 0 Å². The van der Waals surface area contributed by atoms with Gasteiger partial charge in [0.2, 0.25) is 0 Å². The van der Waals surface area contributed by atoms with Crippen LogP contribution in [0.1, 0.15) is 78.1 Å². The zero-order valence-electron chi connectivity index (χ0n) is 15.5. The molecule has 0 saturated heterocycles. The van der Waals surface area contributed by atoms with Gasteiger partial charge < -0.3 is 9.47 Å². The van der Waals surface area contributed by atoms with Crippen LogP contribution in [0.2, 0.25) is 0 Å². The molecular formula is C21H34O3. The van der Waals surface area contributed by atoms with Crippen molar-refractivity contribution in [1.82, 2.24) is 0 Å². The second-order valence-corrected chi connectivity index (χ2v) is 6.35. The number of esters is 1. The van der Waals surface area contributed by atoms with Crippen LogP contribution in [0.5, 0.6) is 5.75 Å². The molecule has 0 bridgehead atoms. The molecule has 0 aliphatic heterocycles. The lowest BCUT2D eigenvalue weighted by atomic mass is 10.1. The summed E-state index contributed by atoms with van der Waals surface area (Å²) in [5.41, 5.74) is 0. The van der Waals surface area contributed by atoms with E-state index in [1.807, 2.05) is 37.3 Å². The first kappa shape index (κ1) is 20.5. The maximum absolute atomic E-state index is 12.2. The van der Waals surface area contributed by atoms with Crippen LogP contribution in [-0.4, -0.2) is 18.7 Å². The second kappa shape index (κ2) is 13.9. The molecule has 0 saturated carbocycles. The zero-order chi connectivity index (χ0) is 17.5. The zero-order valence-corrected chi connectivity index (χ0v) is 15.5. The van der Waals surface area contributed by atoms with E-state index in [1.165, 1.54) is 38.5 Å². The van der Waals surface area contributed by atoms with Gasteiger partial charge in [0, 0.05) is 0 Å². The van der Waals surface area contributed by atoms with E-state index >= 15 is 0 Å². The van der Waals surface area contributed by atoms with Crippen LogP contribution in [-0.2, 0) is 9.53 Å². The molecule has 24 heavy (non-hydrogen) atoms. The minimum atomic E-state index is -0.487. The van der Waals surface area contributed by atoms with Crippen molar-refractivity contribution in [1.29, 1.82) is 0 Å². The standard InChI is InChI=1S/C21H34O3/c1-3-5-6-7-8-9-10-14-17-20(21(22)23-18-4-2)24-19-15-12-11-13-16-19/h11-13,15-16,20H,3-10,14,17-18H2,1-2H3/t20-/m0/s1. The Hall–Kier alpha value is -1.51. The molecule has 0 amide bonds. The Bertz CT molecular complexity index is 416. The van der Waals surface area contributed by atoms with Crippen LogP contribution in [0.4, 0.5) is 0 Å². The number of para-hydroxylation sites is 1. The fourth-order valence-electron chi connectivity index (χ4n) is 2.65. The lowest BCUT2D eigenvalue weighted by Gasteiger charge is -2.18. The fraction of sp³-hybridized carbons (Fsp3) is 0.667. The summed E-state index contributed by atoms with van der Waals surface area (Å²) in [6.07, 6.45) is 11.1. The summed E-state index contributed by atoms with van der Waals surface area (Å²) in [6, 6.07) is 9.54. The molecule has 1 aromatic carbocycles. The average Bonchev–Trinajstić information content (AvgIpc) is 2.61. The Kier molecular flexibility index (Phi) is 11.9. The highest BCUT2D eigenvalue weighted by molar-refractivity contribution is 5.75. The van der Waals surface area contributed by atoms with Gasteiger partial charge in [0.05, 0.1) is 6.61 Å². The number of rotatable bonds is 14. The predicted molar refractivity (Wildman–Crippen MR) is 99.3 cm³/mol. The number of hydrogen-bond donors (Lipinski definition) is 0. The van der Waals surface area contributed by atoms with E-state index in [2.05, 4.69) is 6.92 Å². The van der Waals surface area contributed by atoms with Crippen molar-refractivity contribution in [3.8, 4) is 5.75 Å². The van der Waals surface area contributed by atoms with Crippen LogP contribution in [0.25, 0.3) is 0 Å². The third-order valence-electron chi connectivity index (χ3n) is 4.05. The molecule has 0 aliphatic carbocycles. The van der Waals surface area contributed by atoms with Crippen molar-refractivity contribution in [3.05, 3.63) is 30.3 Å². The summed E-state index contributed by atoms with van der Waals surface area (Å²) in [5.74, 6) is 0.499. The molecule has 0 unspecified atom stereocenters. The smallest absolute Gasteiger partial charge is 0.347 e. The Balaban J connectivity index is 2.32. The highest BCUT2D eigenvalue weighted by Gasteiger charge is 2.21. The lowest BCUT2D eigenvalue weighted by molar-refractivity contribution is -0.152. The molecule has 0 N–H and O–H groups in total. The average molecular weight is 335 g/mol. The largest absolute Gasteiger partial charge is 0.479 e. The van der Waals surface area contributed by atoms with Gasteiger partial charge in [-0.3, -0.25) is 0 Å². The number of hydrogen-bond acceptors (Lipinski definition) is 3. The summed E-state index contributed by atoms with van der Waals surface area (Å²) in [4.78, 5) is 12.2. The van der Waals surface area contributed by atoms with Crippen molar-refractivity contribution in [2.75, 3.05) is 6.61 Å². The van der Waals surface area contributed by atoms with Gasteiger partial charge in [0.15, 0.2) is 6.10 Å². The molecule has 1 rings (SSSR count). The Morgan fingerprint density at radius 1 is 0.875 bits per heavy atom. The topological polar surface area (TPSA) is 35.5 Å². The van der Waals surface area contributed by atoms with E-state index in [0.717, 1.165) is 31.4 Å². The molecule has 0 aliphatic rings. The predicted octanol–water partition coefficient (Wildman–Crippen LogP) is 5.92. The molecule has 136 valence electrons. The fourth-order valence-corrected chi connectivity index (χ4v) is 2.65. The van der Waals surface area contributed by atoms with Gasteiger partial charge in [-0.2, -0.15) is 0 Å². The van der Waals surface area contributed by atoms with Crippen LogP contribution in [0.15, 0.2) is 30.3 Å². The Morgan fingerprint density at radius 2 is 1.50 bits per heavy atom. The van der Waals surface area contributed by atoms with Gasteiger partial charge in [-0.1, -0.05) is 77.0 Å². The molecule has 0 radical (unpaired) electrons. The highest BCUT2D eigenvalue weighted by atomic mass is 16.6. The summed E-state index contributed by atoms with van der Waals surface area (Å²) in [7, 11) is 0. The first-order valence-electron chi connectivity index (χ1n) is 9.66. The molecule has 1 aromatic rings. The number of carbonyl (C=O) groups is 1. The molecule has 0 aromatic heterocycles. The van der Waals surface area contributed by atoms with Gasteiger partial charge >= 0.3 is 5.97 Å². The maximum Gasteiger partial charge on any atom is 0.347 e. The molecule has 0 spiro atoms. The molecular weight excluding hydrogens is 300 g/mol. The molecule has 0 heterocycles. The van der Waals surface area contributed by atoms with Crippen LogP contribution in [0, 0.1) is 0 Å². The summed E-state index contributed by atoms with van der Waals surface area (Å²) < 4.78 is 11.1. The number of carbonyl (C=O) groups excluding carboxylic acids is 1. The molecule has 3 heteroatoms. The highest BCUT2D eigenvalue weighted by Crippen LogP contribution is 2.17. The van der Waals surface area contributed by atoms with Gasteiger partial charge in [-0.15, -0.1) is 0 Å². The van der Waals surface area contributed by atoms with Crippen LogP contribution in [0.3, 0.4) is 0 Å². The van der Waals surface area contributed by atoms with E-state index in [4.69, 9.17) is 9.47 Å². The molecule has 3 nitrogen and oxygen atoms in total. The first-order valence-corrected chi connectivity index (χ1v) is 9.66. The normalized spacial score (nSPS) is 11.9. The first-order chi connectivity index (χ1) is 11.8. The summed E-state index contributed by atoms with van der Waals surface area (Å²) >= 11 is 0. The van der Waals surface area contributed by atoms with E-state index in [0.29, 0.717) is 6.61 Å². The third-order valence-corrected chi connectivity index (χ3v) is 4.05. The van der Waals surface area contributed by atoms with Crippen molar-refractivity contribution < 1.29 is 14.3 Å². The quantitative estimate of drug-likeness (QED) is 0.313. The monoisotopic (exact) mass is 334 g/mol. The van der Waals surface area contributed by atoms with Gasteiger partial charge in [0.25, 0.3) is 0 Å².